The number of rotatable bonds is 2. The number of aryl methyl sites for hydroxylation is 1. The molecule has 92 valence electrons. The molecule has 0 bridgehead atoms. The van der Waals surface area contributed by atoms with Gasteiger partial charge in [0, 0.05) is 0 Å². The van der Waals surface area contributed by atoms with Gasteiger partial charge >= 0.3 is 0 Å². The van der Waals surface area contributed by atoms with Gasteiger partial charge in [0.1, 0.15) is 17.7 Å². The summed E-state index contributed by atoms with van der Waals surface area (Å²) in [6.07, 6.45) is 1.02. The second kappa shape index (κ2) is 5.38. The number of fused-ring (bicyclic) bond motifs is 1. The van der Waals surface area contributed by atoms with E-state index in [1.54, 1.807) is 0 Å². The molecule has 2 nitrogen and oxygen atoms in total. The lowest BCUT2D eigenvalue weighted by Crippen LogP contribution is -1.86. The van der Waals surface area contributed by atoms with Crippen molar-refractivity contribution in [1.29, 1.82) is 10.5 Å². The Morgan fingerprint density at radius 2 is 1.63 bits per heavy atom. The lowest BCUT2D eigenvalue weighted by atomic mass is 9.98. The second-order valence-electron chi connectivity index (χ2n) is 4.47. The topological polar surface area (TPSA) is 47.6 Å². The van der Waals surface area contributed by atoms with Crippen LogP contribution in [0.25, 0.3) is 16.3 Å². The van der Waals surface area contributed by atoms with Crippen molar-refractivity contribution in [2.24, 2.45) is 0 Å². The highest BCUT2D eigenvalue weighted by Gasteiger charge is 2.05. The van der Waals surface area contributed by atoms with E-state index in [-0.39, 0.29) is 5.57 Å². The molecule has 2 aromatic rings. The van der Waals surface area contributed by atoms with Gasteiger partial charge in [-0.2, -0.15) is 10.5 Å². The van der Waals surface area contributed by atoms with Gasteiger partial charge in [0.15, 0.2) is 0 Å². The van der Waals surface area contributed by atoms with Gasteiger partial charge in [-0.1, -0.05) is 37.3 Å². The van der Waals surface area contributed by atoms with Gasteiger partial charge < -0.3 is 0 Å². The van der Waals surface area contributed by atoms with Gasteiger partial charge in [0.25, 0.3) is 0 Å². The van der Waals surface area contributed by atoms with Crippen LogP contribution < -0.4 is 0 Å². The zero-order valence-corrected chi connectivity index (χ0v) is 11.1. The van der Waals surface area contributed by atoms with Crippen molar-refractivity contribution in [1.82, 2.24) is 0 Å². The molecular weight excluding hydrogens is 232 g/mol. The quantitative estimate of drug-likeness (QED) is 0.745. The van der Waals surface area contributed by atoms with Crippen molar-refractivity contribution >= 4 is 16.3 Å². The third kappa shape index (κ3) is 2.49. The number of benzene rings is 2. The number of nitrogens with zero attached hydrogens (tertiary/aromatic N) is 2. The van der Waals surface area contributed by atoms with E-state index in [9.17, 15) is 0 Å². The maximum atomic E-state index is 8.91. The van der Waals surface area contributed by atoms with E-state index in [0.29, 0.717) is 0 Å². The lowest BCUT2D eigenvalue weighted by molar-refractivity contribution is 1.15. The Labute approximate surface area is 113 Å². The highest BCUT2D eigenvalue weighted by molar-refractivity contribution is 5.88. The van der Waals surface area contributed by atoms with Crippen LogP contribution in [0.3, 0.4) is 0 Å². The first-order valence-electron chi connectivity index (χ1n) is 6.23. The minimum Gasteiger partial charge on any atom is -0.192 e. The van der Waals surface area contributed by atoms with Crippen LogP contribution in [0.2, 0.25) is 0 Å². The Morgan fingerprint density at radius 1 is 1.00 bits per heavy atom. The van der Waals surface area contributed by atoms with Crippen LogP contribution >= 0.6 is 0 Å². The highest BCUT2D eigenvalue weighted by Crippen LogP contribution is 2.24. The van der Waals surface area contributed by atoms with Crippen molar-refractivity contribution in [3.05, 3.63) is 53.1 Å². The largest absolute Gasteiger partial charge is 0.192 e. The molecule has 0 aliphatic carbocycles. The van der Waals surface area contributed by atoms with Crippen LogP contribution in [0.1, 0.15) is 25.0 Å². The Morgan fingerprint density at radius 3 is 2.26 bits per heavy atom. The van der Waals surface area contributed by atoms with Crippen LogP contribution in [-0.2, 0) is 6.42 Å². The Balaban J connectivity index is 2.58. The highest BCUT2D eigenvalue weighted by atomic mass is 14.3. The van der Waals surface area contributed by atoms with E-state index in [1.807, 2.05) is 37.3 Å². The third-order valence-corrected chi connectivity index (χ3v) is 3.34. The summed E-state index contributed by atoms with van der Waals surface area (Å²) in [5.41, 5.74) is 3.13. The van der Waals surface area contributed by atoms with Crippen molar-refractivity contribution in [3.8, 4) is 12.1 Å². The molecule has 0 saturated carbocycles. The zero-order valence-electron chi connectivity index (χ0n) is 11.1. The summed E-state index contributed by atoms with van der Waals surface area (Å²) in [4.78, 5) is 0. The number of allylic oxidation sites excluding steroid dienone is 2. The lowest BCUT2D eigenvalue weighted by Gasteiger charge is -2.06. The smallest absolute Gasteiger partial charge is 0.133 e. The van der Waals surface area contributed by atoms with Gasteiger partial charge in [-0.15, -0.1) is 0 Å². The van der Waals surface area contributed by atoms with Gasteiger partial charge in [-0.3, -0.25) is 0 Å². The normalized spacial score (nSPS) is 9.68. The molecule has 19 heavy (non-hydrogen) atoms. The monoisotopic (exact) mass is 246 g/mol. The molecule has 0 unspecified atom stereocenters. The van der Waals surface area contributed by atoms with Gasteiger partial charge in [-0.05, 0) is 46.9 Å². The Kier molecular flexibility index (Phi) is 3.64. The molecule has 0 saturated heterocycles. The van der Waals surface area contributed by atoms with Crippen LogP contribution in [0.4, 0.5) is 0 Å². The average Bonchev–Trinajstić information content (AvgIpc) is 2.47. The van der Waals surface area contributed by atoms with Gasteiger partial charge in [0.05, 0.1) is 0 Å². The van der Waals surface area contributed by atoms with Crippen molar-refractivity contribution in [2.75, 3.05) is 0 Å². The maximum Gasteiger partial charge on any atom is 0.133 e. The molecule has 0 atom stereocenters. The van der Waals surface area contributed by atoms with E-state index in [0.717, 1.165) is 22.9 Å². The average molecular weight is 246 g/mol. The summed E-state index contributed by atoms with van der Waals surface area (Å²) in [5, 5.41) is 20.1. The van der Waals surface area contributed by atoms with Gasteiger partial charge in [-0.25, -0.2) is 0 Å². The minimum atomic E-state index is 0.171. The number of hydrogen-bond acceptors (Lipinski definition) is 2. The molecule has 2 aromatic carbocycles. The van der Waals surface area contributed by atoms with E-state index < -0.39 is 0 Å². The fourth-order valence-corrected chi connectivity index (χ4v) is 2.09. The maximum absolute atomic E-state index is 8.91. The fourth-order valence-electron chi connectivity index (χ4n) is 2.09. The summed E-state index contributed by atoms with van der Waals surface area (Å²) >= 11 is 0. The van der Waals surface area contributed by atoms with Crippen LogP contribution in [0.5, 0.6) is 0 Å². The summed E-state index contributed by atoms with van der Waals surface area (Å²) < 4.78 is 0. The summed E-state index contributed by atoms with van der Waals surface area (Å²) in [6, 6.07) is 16.3. The first-order valence-corrected chi connectivity index (χ1v) is 6.23. The molecule has 0 heterocycles. The molecule has 0 spiro atoms. The number of nitriles is 2. The summed E-state index contributed by atoms with van der Waals surface area (Å²) in [5.74, 6) is 0. The SMILES string of the molecule is CCc1ccc2cc(C(C)=C(C#N)C#N)ccc2c1. The van der Waals surface area contributed by atoms with E-state index in [4.69, 9.17) is 10.5 Å². The van der Waals surface area contributed by atoms with E-state index in [1.165, 1.54) is 10.9 Å². The molecule has 0 amide bonds. The Hall–Kier alpha value is -2.58. The summed E-state index contributed by atoms with van der Waals surface area (Å²) in [7, 11) is 0. The van der Waals surface area contributed by atoms with Crippen LogP contribution in [0.15, 0.2) is 42.0 Å². The van der Waals surface area contributed by atoms with Crippen LogP contribution in [-0.4, -0.2) is 0 Å². The van der Waals surface area contributed by atoms with Crippen molar-refractivity contribution < 1.29 is 0 Å². The van der Waals surface area contributed by atoms with Crippen molar-refractivity contribution in [2.45, 2.75) is 20.3 Å². The molecule has 0 radical (unpaired) electrons. The van der Waals surface area contributed by atoms with Crippen LogP contribution in [0, 0.1) is 22.7 Å². The fraction of sp³-hybridized carbons (Fsp3) is 0.176. The zero-order chi connectivity index (χ0) is 13.8. The first-order chi connectivity index (χ1) is 9.19. The van der Waals surface area contributed by atoms with Crippen molar-refractivity contribution in [3.63, 3.8) is 0 Å². The van der Waals surface area contributed by atoms with E-state index in [2.05, 4.69) is 25.1 Å². The molecular formula is C17H14N2. The molecule has 2 heteroatoms. The standard InChI is InChI=1S/C17H14N2/c1-3-13-4-5-16-9-14(6-7-15(16)8-13)12(2)17(10-18)11-19/h4-9H,3H2,1-2H3. The minimum absolute atomic E-state index is 0.171. The summed E-state index contributed by atoms with van der Waals surface area (Å²) in [6.45, 7) is 3.94. The molecule has 0 N–H and O–H groups in total. The molecule has 2 rings (SSSR count). The molecule has 0 fully saturated rings. The molecule has 0 aromatic heterocycles. The molecule has 0 aliphatic heterocycles. The van der Waals surface area contributed by atoms with Gasteiger partial charge in [0.2, 0.25) is 0 Å². The molecule has 0 aliphatic rings. The first kappa shape index (κ1) is 12.9. The second-order valence-corrected chi connectivity index (χ2v) is 4.47. The Bertz CT molecular complexity index is 724. The number of hydrogen-bond donors (Lipinski definition) is 0. The predicted molar refractivity (Wildman–Crippen MR) is 77.1 cm³/mol. The van der Waals surface area contributed by atoms with E-state index >= 15 is 0 Å². The predicted octanol–water partition coefficient (Wildman–Crippen LogP) is 4.22. The third-order valence-electron chi connectivity index (χ3n) is 3.34.